The Hall–Kier alpha value is -2.21. The molecule has 1 N–H and O–H groups in total. The third-order valence-electron chi connectivity index (χ3n) is 3.18. The third-order valence-corrected chi connectivity index (χ3v) is 3.50. The van der Waals surface area contributed by atoms with Crippen molar-refractivity contribution in [2.24, 2.45) is 0 Å². The van der Waals surface area contributed by atoms with Crippen LogP contribution in [-0.4, -0.2) is 26.6 Å². The largest absolute Gasteiger partial charge is 0.479 e. The Morgan fingerprint density at radius 2 is 2.00 bits per heavy atom. The number of aromatic amines is 1. The van der Waals surface area contributed by atoms with Crippen LogP contribution < -0.4 is 4.74 Å². The monoisotopic (exact) mass is 286 g/mol. The number of aryl methyl sites for hydroxylation is 1. The highest BCUT2D eigenvalue weighted by Gasteiger charge is 2.11. The zero-order valence-corrected chi connectivity index (χ0v) is 12.1. The van der Waals surface area contributed by atoms with Gasteiger partial charge in [-0.2, -0.15) is 4.98 Å². The van der Waals surface area contributed by atoms with Crippen molar-refractivity contribution < 1.29 is 4.74 Å². The van der Waals surface area contributed by atoms with Crippen LogP contribution in [0.4, 0.5) is 0 Å². The van der Waals surface area contributed by atoms with Crippen molar-refractivity contribution in [3.8, 4) is 5.88 Å². The second kappa shape index (κ2) is 5.05. The van der Waals surface area contributed by atoms with Crippen LogP contribution in [0.15, 0.2) is 30.6 Å². The van der Waals surface area contributed by atoms with E-state index in [1.165, 1.54) is 17.5 Å². The Balaban J connectivity index is 2.10. The van der Waals surface area contributed by atoms with E-state index in [1.807, 2.05) is 4.57 Å². The van der Waals surface area contributed by atoms with Crippen molar-refractivity contribution in [1.29, 1.82) is 0 Å². The summed E-state index contributed by atoms with van der Waals surface area (Å²) in [7, 11) is 1.58. The second-order valence-electron chi connectivity index (χ2n) is 4.58. The number of hydrogen-bond donors (Lipinski definition) is 1. The molecule has 6 heteroatoms. The van der Waals surface area contributed by atoms with Crippen LogP contribution in [0.25, 0.3) is 11.2 Å². The summed E-state index contributed by atoms with van der Waals surface area (Å²) in [5.41, 5.74) is 3.89. The molecule has 3 rings (SSSR count). The smallest absolute Gasteiger partial charge is 0.242 e. The number of nitrogens with one attached hydrogen (secondary N) is 1. The summed E-state index contributed by atoms with van der Waals surface area (Å²) in [6.07, 6.45) is 1.48. The average molecular weight is 286 g/mol. The van der Waals surface area contributed by atoms with E-state index in [4.69, 9.17) is 17.0 Å². The summed E-state index contributed by atoms with van der Waals surface area (Å²) in [6.45, 7) is 2.73. The summed E-state index contributed by atoms with van der Waals surface area (Å²) in [4.78, 5) is 11.5. The number of benzene rings is 1. The van der Waals surface area contributed by atoms with Gasteiger partial charge in [0, 0.05) is 0 Å². The van der Waals surface area contributed by atoms with Crippen LogP contribution in [0.5, 0.6) is 5.88 Å². The predicted molar refractivity (Wildman–Crippen MR) is 79.5 cm³/mol. The number of hydrogen-bond acceptors (Lipinski definition) is 4. The van der Waals surface area contributed by atoms with E-state index in [0.29, 0.717) is 17.2 Å². The van der Waals surface area contributed by atoms with E-state index < -0.39 is 0 Å². The molecule has 0 aliphatic rings. The first-order valence-corrected chi connectivity index (χ1v) is 6.63. The summed E-state index contributed by atoms with van der Waals surface area (Å²) in [5.74, 6) is 0.503. The Kier molecular flexibility index (Phi) is 3.23. The number of H-pyrrole nitrogens is 1. The molecule has 0 fully saturated rings. The highest BCUT2D eigenvalue weighted by Crippen LogP contribution is 2.20. The summed E-state index contributed by atoms with van der Waals surface area (Å²) >= 11 is 5.37. The molecule has 0 amide bonds. The minimum atomic E-state index is 0.503. The van der Waals surface area contributed by atoms with E-state index in [-0.39, 0.29) is 0 Å². The van der Waals surface area contributed by atoms with E-state index in [0.717, 1.165) is 11.2 Å². The molecule has 0 spiro atoms. The summed E-state index contributed by atoms with van der Waals surface area (Å²) in [5, 5.41) is 0. The molecular weight excluding hydrogens is 272 g/mol. The number of ether oxygens (including phenoxy) is 1. The van der Waals surface area contributed by atoms with Crippen LogP contribution in [0, 0.1) is 11.7 Å². The van der Waals surface area contributed by atoms with Gasteiger partial charge in [0.05, 0.1) is 13.7 Å². The van der Waals surface area contributed by atoms with E-state index in [9.17, 15) is 0 Å². The molecule has 0 unspecified atom stereocenters. The van der Waals surface area contributed by atoms with Crippen LogP contribution in [0.3, 0.4) is 0 Å². The van der Waals surface area contributed by atoms with Crippen LogP contribution in [-0.2, 0) is 6.54 Å². The molecular formula is C14H14N4OS. The van der Waals surface area contributed by atoms with Gasteiger partial charge in [-0.25, -0.2) is 4.98 Å². The highest BCUT2D eigenvalue weighted by atomic mass is 32.1. The molecule has 0 saturated carbocycles. The highest BCUT2D eigenvalue weighted by molar-refractivity contribution is 7.71. The number of rotatable bonds is 3. The van der Waals surface area contributed by atoms with Crippen molar-refractivity contribution in [3.63, 3.8) is 0 Å². The van der Waals surface area contributed by atoms with Gasteiger partial charge >= 0.3 is 0 Å². The van der Waals surface area contributed by atoms with Crippen molar-refractivity contribution in [3.05, 3.63) is 46.5 Å². The maximum Gasteiger partial charge on any atom is 0.242 e. The fraction of sp³-hybridized carbons (Fsp3) is 0.214. The molecule has 0 aliphatic heterocycles. The quantitative estimate of drug-likeness (QED) is 0.752. The zero-order valence-electron chi connectivity index (χ0n) is 11.3. The van der Waals surface area contributed by atoms with Gasteiger partial charge in [0.1, 0.15) is 11.8 Å². The van der Waals surface area contributed by atoms with E-state index >= 15 is 0 Å². The number of methoxy groups -OCH3 is 1. The lowest BCUT2D eigenvalue weighted by atomic mass is 10.1. The van der Waals surface area contributed by atoms with E-state index in [2.05, 4.69) is 46.1 Å². The molecule has 0 aliphatic carbocycles. The lowest BCUT2D eigenvalue weighted by molar-refractivity contribution is 0.401. The molecule has 2 aromatic heterocycles. The van der Waals surface area contributed by atoms with Gasteiger partial charge in [-0.15, -0.1) is 0 Å². The van der Waals surface area contributed by atoms with Crippen molar-refractivity contribution in [2.75, 3.05) is 7.11 Å². The van der Waals surface area contributed by atoms with Crippen molar-refractivity contribution in [2.45, 2.75) is 13.5 Å². The summed E-state index contributed by atoms with van der Waals surface area (Å²) in [6, 6.07) is 8.36. The Bertz CT molecular complexity index is 804. The first-order valence-electron chi connectivity index (χ1n) is 6.22. The van der Waals surface area contributed by atoms with Gasteiger partial charge in [0.15, 0.2) is 10.4 Å². The van der Waals surface area contributed by atoms with Crippen molar-refractivity contribution in [1.82, 2.24) is 19.5 Å². The molecule has 5 nitrogen and oxygen atoms in total. The Labute approximate surface area is 121 Å². The van der Waals surface area contributed by atoms with Gasteiger partial charge in [-0.1, -0.05) is 29.8 Å². The van der Waals surface area contributed by atoms with Gasteiger partial charge in [0.25, 0.3) is 0 Å². The van der Waals surface area contributed by atoms with Gasteiger partial charge in [-0.3, -0.25) is 4.57 Å². The van der Waals surface area contributed by atoms with E-state index in [1.54, 1.807) is 7.11 Å². The first kappa shape index (κ1) is 12.8. The van der Waals surface area contributed by atoms with Crippen LogP contribution >= 0.6 is 12.2 Å². The van der Waals surface area contributed by atoms with Gasteiger partial charge in [-0.05, 0) is 24.7 Å². The minimum absolute atomic E-state index is 0.503. The number of fused-ring (bicyclic) bond motifs is 1. The first-order chi connectivity index (χ1) is 9.69. The van der Waals surface area contributed by atoms with Crippen LogP contribution in [0.1, 0.15) is 11.1 Å². The average Bonchev–Trinajstić information content (AvgIpc) is 2.77. The molecule has 0 saturated heterocycles. The SMILES string of the molecule is COc1ncnc2c1[nH]c(=S)n2Cc1ccc(C)cc1. The van der Waals surface area contributed by atoms with Gasteiger partial charge in [0.2, 0.25) is 5.88 Å². The maximum absolute atomic E-state index is 5.37. The number of nitrogens with zero attached hydrogens (tertiary/aromatic N) is 3. The van der Waals surface area contributed by atoms with Crippen molar-refractivity contribution >= 4 is 23.4 Å². The number of imidazole rings is 1. The summed E-state index contributed by atoms with van der Waals surface area (Å²) < 4.78 is 7.77. The lowest BCUT2D eigenvalue weighted by Crippen LogP contribution is -2.01. The molecule has 0 atom stereocenters. The minimum Gasteiger partial charge on any atom is -0.479 e. The second-order valence-corrected chi connectivity index (χ2v) is 4.97. The molecule has 3 aromatic rings. The Morgan fingerprint density at radius 1 is 1.25 bits per heavy atom. The molecule has 2 heterocycles. The molecule has 0 radical (unpaired) electrons. The topological polar surface area (TPSA) is 55.7 Å². The van der Waals surface area contributed by atoms with Crippen LogP contribution in [0.2, 0.25) is 0 Å². The molecule has 1 aromatic carbocycles. The Morgan fingerprint density at radius 3 is 2.70 bits per heavy atom. The molecule has 20 heavy (non-hydrogen) atoms. The molecule has 102 valence electrons. The predicted octanol–water partition coefficient (Wildman–Crippen LogP) is 2.85. The van der Waals surface area contributed by atoms with Gasteiger partial charge < -0.3 is 9.72 Å². The fourth-order valence-corrected chi connectivity index (χ4v) is 2.38. The lowest BCUT2D eigenvalue weighted by Gasteiger charge is -2.05. The molecule has 0 bridgehead atoms. The third kappa shape index (κ3) is 2.18. The standard InChI is InChI=1S/C14H14N4OS/c1-9-3-5-10(6-4-9)7-18-12-11(17-14(18)20)13(19-2)16-8-15-12/h3-6,8H,7H2,1-2H3,(H,17,20). The maximum atomic E-state index is 5.37. The zero-order chi connectivity index (χ0) is 14.1. The normalized spacial score (nSPS) is 10.9. The number of aromatic nitrogens is 4. The fourth-order valence-electron chi connectivity index (χ4n) is 2.12.